The first-order chi connectivity index (χ1) is 8.06. The van der Waals surface area contributed by atoms with Crippen molar-refractivity contribution in [2.45, 2.75) is 38.1 Å². The highest BCUT2D eigenvalue weighted by atomic mass is 127. The molecule has 18 heavy (non-hydrogen) atoms. The molecule has 3 heteroatoms. The van der Waals surface area contributed by atoms with Crippen LogP contribution in [0, 0.1) is 6.92 Å². The maximum atomic E-state index is 11.5. The molecule has 1 aromatic rings. The molecule has 100 valence electrons. The summed E-state index contributed by atoms with van der Waals surface area (Å²) < 4.78 is 0. The second kappa shape index (κ2) is 6.15. The lowest BCUT2D eigenvalue weighted by Gasteiger charge is -2.44. The van der Waals surface area contributed by atoms with Crippen molar-refractivity contribution in [3.63, 3.8) is 0 Å². The lowest BCUT2D eigenvalue weighted by molar-refractivity contribution is -0.122. The van der Waals surface area contributed by atoms with E-state index in [9.17, 15) is 4.79 Å². The Morgan fingerprint density at radius 3 is 2.17 bits per heavy atom. The largest absolute Gasteiger partial charge is 0.300 e. The fraction of sp³-hybridized carbons (Fsp3) is 0.533. The van der Waals surface area contributed by atoms with Crippen LogP contribution in [0.3, 0.4) is 0 Å². The van der Waals surface area contributed by atoms with Crippen molar-refractivity contribution >= 4 is 29.8 Å². The average Bonchev–Trinajstić information content (AvgIpc) is 2.31. The van der Waals surface area contributed by atoms with Gasteiger partial charge in [0.25, 0.3) is 0 Å². The van der Waals surface area contributed by atoms with Crippen LogP contribution >= 0.6 is 24.0 Å². The summed E-state index contributed by atoms with van der Waals surface area (Å²) in [5.41, 5.74) is 2.77. The summed E-state index contributed by atoms with van der Waals surface area (Å²) in [7, 11) is 4.25. The van der Waals surface area contributed by atoms with E-state index in [1.165, 1.54) is 11.1 Å². The molecule has 0 aliphatic heterocycles. The van der Waals surface area contributed by atoms with Crippen LogP contribution in [0.5, 0.6) is 0 Å². The number of carbonyl (C=O) groups is 1. The van der Waals surface area contributed by atoms with Crippen molar-refractivity contribution in [2.24, 2.45) is 0 Å². The van der Waals surface area contributed by atoms with Gasteiger partial charge >= 0.3 is 0 Å². The standard InChI is InChI=1S/C15H21NO.HI/c1-12-6-4-5-7-14(12)15(16(2)3)10-8-13(17)9-11-15;/h4-7H,8-11H2,1-3H3;1H. The predicted octanol–water partition coefficient (Wildman–Crippen LogP) is 3.51. The number of hydrogen-bond acceptors (Lipinski definition) is 2. The van der Waals surface area contributed by atoms with Crippen LogP contribution in [0.2, 0.25) is 0 Å². The molecule has 0 N–H and O–H groups in total. The van der Waals surface area contributed by atoms with Gasteiger partial charge in [0.1, 0.15) is 5.78 Å². The molecule has 0 bridgehead atoms. The highest BCUT2D eigenvalue weighted by molar-refractivity contribution is 14.0. The molecule has 1 aliphatic carbocycles. The number of carbonyl (C=O) groups excluding carboxylic acids is 1. The predicted molar refractivity (Wildman–Crippen MR) is 85.4 cm³/mol. The second-order valence-electron chi connectivity index (χ2n) is 5.28. The van der Waals surface area contributed by atoms with E-state index in [1.807, 2.05) is 0 Å². The molecule has 0 spiro atoms. The van der Waals surface area contributed by atoms with Crippen LogP contribution in [0.15, 0.2) is 24.3 Å². The first kappa shape index (κ1) is 15.6. The molecule has 0 heterocycles. The van der Waals surface area contributed by atoms with Crippen LogP contribution in [-0.2, 0) is 10.3 Å². The minimum Gasteiger partial charge on any atom is -0.300 e. The Morgan fingerprint density at radius 1 is 1.11 bits per heavy atom. The van der Waals surface area contributed by atoms with Gasteiger partial charge in [0.15, 0.2) is 0 Å². The van der Waals surface area contributed by atoms with Gasteiger partial charge in [0, 0.05) is 18.4 Å². The molecule has 1 fully saturated rings. The van der Waals surface area contributed by atoms with Crippen LogP contribution in [0.1, 0.15) is 36.8 Å². The van der Waals surface area contributed by atoms with E-state index >= 15 is 0 Å². The highest BCUT2D eigenvalue weighted by Crippen LogP contribution is 2.41. The fourth-order valence-electron chi connectivity index (χ4n) is 2.99. The van der Waals surface area contributed by atoms with Gasteiger partial charge in [-0.1, -0.05) is 24.3 Å². The zero-order valence-electron chi connectivity index (χ0n) is 11.4. The number of aryl methyl sites for hydroxylation is 1. The van der Waals surface area contributed by atoms with Crippen molar-refractivity contribution in [3.05, 3.63) is 35.4 Å². The Balaban J connectivity index is 0.00000162. The van der Waals surface area contributed by atoms with Crippen LogP contribution in [0.25, 0.3) is 0 Å². The van der Waals surface area contributed by atoms with Crippen molar-refractivity contribution in [2.75, 3.05) is 14.1 Å². The maximum Gasteiger partial charge on any atom is 0.133 e. The molecule has 0 unspecified atom stereocenters. The van der Waals surface area contributed by atoms with Gasteiger partial charge in [-0.15, -0.1) is 24.0 Å². The van der Waals surface area contributed by atoms with E-state index < -0.39 is 0 Å². The Labute approximate surface area is 127 Å². The summed E-state index contributed by atoms with van der Waals surface area (Å²) in [5, 5.41) is 0. The lowest BCUT2D eigenvalue weighted by atomic mass is 9.74. The third-order valence-corrected chi connectivity index (χ3v) is 4.14. The van der Waals surface area contributed by atoms with Gasteiger partial charge in [-0.3, -0.25) is 9.69 Å². The summed E-state index contributed by atoms with van der Waals surface area (Å²) in [4.78, 5) is 13.8. The molecule has 0 aromatic heterocycles. The lowest BCUT2D eigenvalue weighted by Crippen LogP contribution is -2.45. The van der Waals surface area contributed by atoms with E-state index in [2.05, 4.69) is 50.2 Å². The molecule has 1 aliphatic rings. The first-order valence-electron chi connectivity index (χ1n) is 6.31. The first-order valence-corrected chi connectivity index (χ1v) is 6.31. The topological polar surface area (TPSA) is 20.3 Å². The molecule has 0 amide bonds. The molecule has 0 saturated heterocycles. The van der Waals surface area contributed by atoms with Gasteiger partial charge < -0.3 is 0 Å². The maximum absolute atomic E-state index is 11.5. The zero-order valence-corrected chi connectivity index (χ0v) is 13.7. The number of benzene rings is 1. The Morgan fingerprint density at radius 2 is 1.67 bits per heavy atom. The number of rotatable bonds is 2. The third kappa shape index (κ3) is 2.77. The molecule has 1 saturated carbocycles. The summed E-state index contributed by atoms with van der Waals surface area (Å²) in [6.07, 6.45) is 3.33. The quantitative estimate of drug-likeness (QED) is 0.754. The second-order valence-corrected chi connectivity index (χ2v) is 5.28. The van der Waals surface area contributed by atoms with Crippen molar-refractivity contribution in [1.29, 1.82) is 0 Å². The summed E-state index contributed by atoms with van der Waals surface area (Å²) in [6, 6.07) is 8.56. The van der Waals surface area contributed by atoms with Gasteiger partial charge in [-0.25, -0.2) is 0 Å². The van der Waals surface area contributed by atoms with Gasteiger partial charge in [0.2, 0.25) is 0 Å². The minimum absolute atomic E-state index is 0. The van der Waals surface area contributed by atoms with Gasteiger partial charge in [-0.05, 0) is 45.0 Å². The Hall–Kier alpha value is -0.420. The molecular weight excluding hydrogens is 337 g/mol. The van der Waals surface area contributed by atoms with Crippen molar-refractivity contribution in [3.8, 4) is 0 Å². The van der Waals surface area contributed by atoms with E-state index in [4.69, 9.17) is 0 Å². The molecule has 0 atom stereocenters. The molecule has 2 nitrogen and oxygen atoms in total. The highest BCUT2D eigenvalue weighted by Gasteiger charge is 2.38. The van der Waals surface area contributed by atoms with E-state index in [0.717, 1.165) is 12.8 Å². The fourth-order valence-corrected chi connectivity index (χ4v) is 2.99. The average molecular weight is 359 g/mol. The third-order valence-electron chi connectivity index (χ3n) is 4.14. The smallest absolute Gasteiger partial charge is 0.133 e. The van der Waals surface area contributed by atoms with Gasteiger partial charge in [-0.2, -0.15) is 0 Å². The number of hydrogen-bond donors (Lipinski definition) is 0. The zero-order chi connectivity index (χ0) is 12.5. The van der Waals surface area contributed by atoms with Crippen molar-refractivity contribution in [1.82, 2.24) is 4.90 Å². The summed E-state index contributed by atoms with van der Waals surface area (Å²) in [5.74, 6) is 0.413. The summed E-state index contributed by atoms with van der Waals surface area (Å²) in [6.45, 7) is 2.16. The van der Waals surface area contributed by atoms with Gasteiger partial charge in [0.05, 0.1) is 0 Å². The minimum atomic E-state index is 0. The molecule has 2 rings (SSSR count). The number of ketones is 1. The molecule has 0 radical (unpaired) electrons. The van der Waals surface area contributed by atoms with E-state index in [1.54, 1.807) is 0 Å². The molecule has 1 aromatic carbocycles. The van der Waals surface area contributed by atoms with Crippen LogP contribution in [-0.4, -0.2) is 24.8 Å². The Bertz CT molecular complexity index is 418. The monoisotopic (exact) mass is 359 g/mol. The van der Waals surface area contributed by atoms with E-state index in [-0.39, 0.29) is 29.5 Å². The Kier molecular flexibility index (Phi) is 5.34. The SMILES string of the molecule is Cc1ccccc1C1(N(C)C)CCC(=O)CC1.I. The van der Waals surface area contributed by atoms with Crippen LogP contribution in [0.4, 0.5) is 0 Å². The molecular formula is C15H22INO. The summed E-state index contributed by atoms with van der Waals surface area (Å²) >= 11 is 0. The normalized spacial score (nSPS) is 18.6. The number of halogens is 1. The van der Waals surface area contributed by atoms with Crippen molar-refractivity contribution < 1.29 is 4.79 Å². The van der Waals surface area contributed by atoms with Crippen LogP contribution < -0.4 is 0 Å². The number of Topliss-reactive ketones (excluding diaryl/α,β-unsaturated/α-hetero) is 1. The van der Waals surface area contributed by atoms with E-state index in [0.29, 0.717) is 18.6 Å². The number of nitrogens with zero attached hydrogens (tertiary/aromatic N) is 1.